The Balaban J connectivity index is 2.01. The zero-order valence-corrected chi connectivity index (χ0v) is 11.8. The van der Waals surface area contributed by atoms with E-state index < -0.39 is 0 Å². The van der Waals surface area contributed by atoms with Gasteiger partial charge in [0.25, 0.3) is 0 Å². The maximum Gasteiger partial charge on any atom is 0.226 e. The highest BCUT2D eigenvalue weighted by Crippen LogP contribution is 2.18. The van der Waals surface area contributed by atoms with Crippen LogP contribution in [0.5, 0.6) is 0 Å². The summed E-state index contributed by atoms with van der Waals surface area (Å²) in [6.07, 6.45) is 4.23. The fraction of sp³-hybridized carbons (Fsp3) is 0.438. The molecule has 0 aliphatic heterocycles. The van der Waals surface area contributed by atoms with Crippen molar-refractivity contribution >= 4 is 0 Å². The van der Waals surface area contributed by atoms with Crippen LogP contribution in [0.4, 0.5) is 0 Å². The number of rotatable bonds is 7. The molecule has 2 rings (SSSR count). The van der Waals surface area contributed by atoms with Crippen molar-refractivity contribution in [2.75, 3.05) is 13.1 Å². The number of hydrogen-bond acceptors (Lipinski definition) is 3. The molecular formula is C16H22N2O. The first-order valence-corrected chi connectivity index (χ1v) is 7.05. The van der Waals surface area contributed by atoms with Crippen LogP contribution in [-0.2, 0) is 6.54 Å². The van der Waals surface area contributed by atoms with Gasteiger partial charge in [0.1, 0.15) is 6.26 Å². The van der Waals surface area contributed by atoms with E-state index in [9.17, 15) is 0 Å². The number of hydrogen-bond donors (Lipinski definition) is 0. The lowest BCUT2D eigenvalue weighted by atomic mass is 10.2. The van der Waals surface area contributed by atoms with Gasteiger partial charge in [0.15, 0.2) is 0 Å². The van der Waals surface area contributed by atoms with Gasteiger partial charge in [0.05, 0.1) is 5.69 Å². The summed E-state index contributed by atoms with van der Waals surface area (Å²) < 4.78 is 5.56. The van der Waals surface area contributed by atoms with E-state index in [1.54, 1.807) is 6.26 Å². The molecule has 0 unspecified atom stereocenters. The lowest BCUT2D eigenvalue weighted by Gasteiger charge is -2.18. The van der Waals surface area contributed by atoms with Crippen LogP contribution in [-0.4, -0.2) is 23.0 Å². The molecule has 2 aromatic rings. The zero-order chi connectivity index (χ0) is 13.5. The van der Waals surface area contributed by atoms with Crippen molar-refractivity contribution in [1.29, 1.82) is 0 Å². The molecule has 1 heterocycles. The number of benzene rings is 1. The summed E-state index contributed by atoms with van der Waals surface area (Å²) >= 11 is 0. The molecule has 0 aliphatic rings. The van der Waals surface area contributed by atoms with Gasteiger partial charge in [0.2, 0.25) is 5.89 Å². The van der Waals surface area contributed by atoms with Gasteiger partial charge in [-0.15, -0.1) is 0 Å². The van der Waals surface area contributed by atoms with Crippen LogP contribution in [0, 0.1) is 0 Å². The van der Waals surface area contributed by atoms with Crippen molar-refractivity contribution in [3.8, 4) is 11.5 Å². The number of unbranched alkanes of at least 4 members (excludes halogenated alkanes) is 1. The van der Waals surface area contributed by atoms with Crippen molar-refractivity contribution < 1.29 is 4.42 Å². The van der Waals surface area contributed by atoms with E-state index in [2.05, 4.69) is 23.7 Å². The van der Waals surface area contributed by atoms with Crippen molar-refractivity contribution in [3.63, 3.8) is 0 Å². The lowest BCUT2D eigenvalue weighted by Crippen LogP contribution is -2.24. The van der Waals surface area contributed by atoms with Crippen LogP contribution in [0.25, 0.3) is 11.5 Å². The second-order valence-corrected chi connectivity index (χ2v) is 4.73. The Morgan fingerprint density at radius 1 is 1.16 bits per heavy atom. The minimum absolute atomic E-state index is 0.710. The summed E-state index contributed by atoms with van der Waals surface area (Å²) in [6, 6.07) is 10.0. The van der Waals surface area contributed by atoms with E-state index in [-0.39, 0.29) is 0 Å². The van der Waals surface area contributed by atoms with Gasteiger partial charge in [0, 0.05) is 12.1 Å². The van der Waals surface area contributed by atoms with E-state index >= 15 is 0 Å². The smallest absolute Gasteiger partial charge is 0.226 e. The van der Waals surface area contributed by atoms with Crippen LogP contribution in [0.1, 0.15) is 32.4 Å². The molecule has 0 aliphatic carbocycles. The average Bonchev–Trinajstić information content (AvgIpc) is 2.93. The minimum atomic E-state index is 0.710. The summed E-state index contributed by atoms with van der Waals surface area (Å²) in [5.41, 5.74) is 2.04. The molecule has 0 saturated carbocycles. The molecule has 3 nitrogen and oxygen atoms in total. The summed E-state index contributed by atoms with van der Waals surface area (Å²) in [5, 5.41) is 0. The highest BCUT2D eigenvalue weighted by atomic mass is 16.3. The van der Waals surface area contributed by atoms with Crippen LogP contribution >= 0.6 is 0 Å². The Morgan fingerprint density at radius 2 is 1.95 bits per heavy atom. The maximum absolute atomic E-state index is 5.56. The predicted octanol–water partition coefficient (Wildman–Crippen LogP) is 3.96. The third-order valence-corrected chi connectivity index (χ3v) is 3.23. The number of aromatic nitrogens is 1. The van der Waals surface area contributed by atoms with Gasteiger partial charge in [-0.3, -0.25) is 4.90 Å². The van der Waals surface area contributed by atoms with Crippen molar-refractivity contribution in [1.82, 2.24) is 9.88 Å². The molecule has 1 aromatic carbocycles. The van der Waals surface area contributed by atoms with Crippen molar-refractivity contribution in [2.45, 2.75) is 33.2 Å². The Kier molecular flexibility index (Phi) is 5.16. The average molecular weight is 258 g/mol. The lowest BCUT2D eigenvalue weighted by molar-refractivity contribution is 0.272. The summed E-state index contributed by atoms with van der Waals surface area (Å²) in [4.78, 5) is 6.97. The third-order valence-electron chi connectivity index (χ3n) is 3.23. The molecule has 0 radical (unpaired) electrons. The minimum Gasteiger partial charge on any atom is -0.444 e. The molecule has 102 valence electrons. The van der Waals surface area contributed by atoms with Crippen LogP contribution in [0.3, 0.4) is 0 Å². The highest BCUT2D eigenvalue weighted by Gasteiger charge is 2.09. The van der Waals surface area contributed by atoms with Crippen LogP contribution in [0.15, 0.2) is 41.0 Å². The van der Waals surface area contributed by atoms with E-state index in [0.29, 0.717) is 5.89 Å². The largest absolute Gasteiger partial charge is 0.444 e. The molecule has 0 spiro atoms. The topological polar surface area (TPSA) is 29.3 Å². The van der Waals surface area contributed by atoms with Crippen molar-refractivity contribution in [3.05, 3.63) is 42.3 Å². The van der Waals surface area contributed by atoms with Gasteiger partial charge in [-0.25, -0.2) is 4.98 Å². The zero-order valence-electron chi connectivity index (χ0n) is 11.8. The fourth-order valence-corrected chi connectivity index (χ4v) is 2.05. The fourth-order valence-electron chi connectivity index (χ4n) is 2.05. The van der Waals surface area contributed by atoms with E-state index in [1.807, 2.05) is 30.3 Å². The first kappa shape index (κ1) is 13.8. The standard InChI is InChI=1S/C16H22N2O/c1-3-5-11-18(4-2)12-15-13-19-16(17-15)14-9-7-6-8-10-14/h6-10,13H,3-5,11-12H2,1-2H3. The SMILES string of the molecule is CCCCN(CC)Cc1coc(-c2ccccc2)n1. The highest BCUT2D eigenvalue weighted by molar-refractivity contribution is 5.52. The normalized spacial score (nSPS) is 11.1. The first-order valence-electron chi connectivity index (χ1n) is 7.05. The van der Waals surface area contributed by atoms with Crippen LogP contribution < -0.4 is 0 Å². The molecule has 0 saturated heterocycles. The van der Waals surface area contributed by atoms with Gasteiger partial charge >= 0.3 is 0 Å². The molecule has 1 aromatic heterocycles. The molecular weight excluding hydrogens is 236 g/mol. The Bertz CT molecular complexity index is 479. The van der Waals surface area contributed by atoms with Gasteiger partial charge in [-0.2, -0.15) is 0 Å². The second-order valence-electron chi connectivity index (χ2n) is 4.73. The van der Waals surface area contributed by atoms with E-state index in [0.717, 1.165) is 30.9 Å². The number of nitrogens with zero attached hydrogens (tertiary/aromatic N) is 2. The summed E-state index contributed by atoms with van der Waals surface area (Å²) in [5.74, 6) is 0.710. The quantitative estimate of drug-likeness (QED) is 0.752. The van der Waals surface area contributed by atoms with Gasteiger partial charge in [-0.1, -0.05) is 38.5 Å². The number of oxazole rings is 1. The molecule has 0 fully saturated rings. The molecule has 19 heavy (non-hydrogen) atoms. The Hall–Kier alpha value is -1.61. The molecule has 0 atom stereocenters. The second kappa shape index (κ2) is 7.10. The van der Waals surface area contributed by atoms with E-state index in [1.165, 1.54) is 12.8 Å². The van der Waals surface area contributed by atoms with Gasteiger partial charge in [-0.05, 0) is 31.6 Å². The molecule has 0 bridgehead atoms. The Labute approximate surface area is 115 Å². The Morgan fingerprint density at radius 3 is 2.63 bits per heavy atom. The van der Waals surface area contributed by atoms with Crippen molar-refractivity contribution in [2.24, 2.45) is 0 Å². The predicted molar refractivity (Wildman–Crippen MR) is 77.8 cm³/mol. The summed E-state index contributed by atoms with van der Waals surface area (Å²) in [6.45, 7) is 7.45. The molecule has 0 N–H and O–H groups in total. The van der Waals surface area contributed by atoms with Gasteiger partial charge < -0.3 is 4.42 Å². The summed E-state index contributed by atoms with van der Waals surface area (Å²) in [7, 11) is 0. The molecule has 0 amide bonds. The van der Waals surface area contributed by atoms with Crippen LogP contribution in [0.2, 0.25) is 0 Å². The third kappa shape index (κ3) is 3.93. The molecule has 3 heteroatoms. The maximum atomic E-state index is 5.56. The monoisotopic (exact) mass is 258 g/mol. The van der Waals surface area contributed by atoms with E-state index in [4.69, 9.17) is 4.42 Å². The first-order chi connectivity index (χ1) is 9.33.